The van der Waals surface area contributed by atoms with Crippen LogP contribution < -0.4 is 10.6 Å². The van der Waals surface area contributed by atoms with Gasteiger partial charge in [-0.3, -0.25) is 0 Å². The number of halogens is 1. The van der Waals surface area contributed by atoms with Gasteiger partial charge in [0.1, 0.15) is 5.01 Å². The molecule has 1 aliphatic carbocycles. The minimum atomic E-state index is -0.307. The lowest BCUT2D eigenvalue weighted by atomic mass is 10.0. The second-order valence-electron chi connectivity index (χ2n) is 4.83. The molecule has 0 atom stereocenters. The maximum atomic E-state index is 11.8. The molecular weight excluding hydrogens is 308 g/mol. The molecule has 7 heteroatoms. The number of aryl methyl sites for hydroxylation is 2. The van der Waals surface area contributed by atoms with Crippen LogP contribution in [0, 0.1) is 0 Å². The first-order chi connectivity index (χ1) is 10.2. The van der Waals surface area contributed by atoms with Crippen LogP contribution in [0.2, 0.25) is 5.15 Å². The molecule has 0 saturated heterocycles. The molecular formula is C14H15ClN4OS. The van der Waals surface area contributed by atoms with Crippen molar-refractivity contribution >= 4 is 34.7 Å². The quantitative estimate of drug-likeness (QED) is 0.851. The van der Waals surface area contributed by atoms with Crippen LogP contribution in [0.15, 0.2) is 18.3 Å². The normalized spacial score (nSPS) is 13.6. The number of nitrogens with zero attached hydrogens (tertiary/aromatic N) is 2. The van der Waals surface area contributed by atoms with E-state index in [0.29, 0.717) is 12.2 Å². The second kappa shape index (κ2) is 6.41. The van der Waals surface area contributed by atoms with Gasteiger partial charge in [0.2, 0.25) is 0 Å². The van der Waals surface area contributed by atoms with Crippen LogP contribution >= 0.6 is 22.9 Å². The number of thiazole rings is 1. The van der Waals surface area contributed by atoms with Crippen LogP contribution in [-0.2, 0) is 19.4 Å². The molecule has 21 heavy (non-hydrogen) atoms. The summed E-state index contributed by atoms with van der Waals surface area (Å²) in [5, 5.41) is 6.70. The standard InChI is InChI=1S/C14H15ClN4OS/c15-13-10(5-3-7-16-13)19-14(20)17-8-12-18-9-4-1-2-6-11(9)21-12/h3,5,7H,1-2,4,6,8H2,(H2,17,19,20). The summed E-state index contributed by atoms with van der Waals surface area (Å²) in [5.41, 5.74) is 1.70. The average Bonchev–Trinajstić information content (AvgIpc) is 2.90. The fourth-order valence-corrected chi connectivity index (χ4v) is 3.55. The summed E-state index contributed by atoms with van der Waals surface area (Å²) in [7, 11) is 0. The number of anilines is 1. The zero-order valence-corrected chi connectivity index (χ0v) is 12.9. The van der Waals surface area contributed by atoms with E-state index in [4.69, 9.17) is 11.6 Å². The Hall–Kier alpha value is -1.66. The molecule has 0 aromatic carbocycles. The van der Waals surface area contributed by atoms with E-state index in [1.54, 1.807) is 29.7 Å². The molecule has 0 unspecified atom stereocenters. The Labute approximate surface area is 131 Å². The number of hydrogen-bond donors (Lipinski definition) is 2. The predicted molar refractivity (Wildman–Crippen MR) is 83.9 cm³/mol. The number of urea groups is 1. The minimum absolute atomic E-state index is 0.275. The van der Waals surface area contributed by atoms with Gasteiger partial charge in [0.05, 0.1) is 17.9 Å². The van der Waals surface area contributed by atoms with E-state index in [0.717, 1.165) is 17.8 Å². The number of rotatable bonds is 3. The molecule has 1 aliphatic rings. The van der Waals surface area contributed by atoms with Gasteiger partial charge in [-0.05, 0) is 37.8 Å². The first kappa shape index (κ1) is 14.3. The Kier molecular flexibility index (Phi) is 4.36. The van der Waals surface area contributed by atoms with Crippen molar-refractivity contribution in [2.45, 2.75) is 32.2 Å². The molecule has 0 saturated carbocycles. The summed E-state index contributed by atoms with van der Waals surface area (Å²) in [6, 6.07) is 3.12. The van der Waals surface area contributed by atoms with Crippen molar-refractivity contribution in [1.29, 1.82) is 0 Å². The molecule has 2 amide bonds. The van der Waals surface area contributed by atoms with Gasteiger partial charge in [0.15, 0.2) is 5.15 Å². The third-order valence-corrected chi connectivity index (χ3v) is 4.76. The van der Waals surface area contributed by atoms with E-state index in [1.165, 1.54) is 23.4 Å². The molecule has 0 aliphatic heterocycles. The Balaban J connectivity index is 1.56. The largest absolute Gasteiger partial charge is 0.331 e. The number of fused-ring (bicyclic) bond motifs is 1. The summed E-state index contributed by atoms with van der Waals surface area (Å²) >= 11 is 7.58. The smallest absolute Gasteiger partial charge is 0.319 e. The van der Waals surface area contributed by atoms with Gasteiger partial charge in [-0.25, -0.2) is 14.8 Å². The van der Waals surface area contributed by atoms with Gasteiger partial charge >= 0.3 is 6.03 Å². The van der Waals surface area contributed by atoms with Crippen LogP contribution in [0.3, 0.4) is 0 Å². The maximum absolute atomic E-state index is 11.8. The van der Waals surface area contributed by atoms with E-state index in [2.05, 4.69) is 20.6 Å². The van der Waals surface area contributed by atoms with Crippen LogP contribution in [-0.4, -0.2) is 16.0 Å². The summed E-state index contributed by atoms with van der Waals surface area (Å²) in [6.45, 7) is 0.432. The van der Waals surface area contributed by atoms with Crippen molar-refractivity contribution in [3.63, 3.8) is 0 Å². The van der Waals surface area contributed by atoms with Gasteiger partial charge in [0.25, 0.3) is 0 Å². The second-order valence-corrected chi connectivity index (χ2v) is 6.36. The first-order valence-corrected chi connectivity index (χ1v) is 8.04. The first-order valence-electron chi connectivity index (χ1n) is 6.85. The fraction of sp³-hybridized carbons (Fsp3) is 0.357. The Morgan fingerprint density at radius 1 is 1.38 bits per heavy atom. The highest BCUT2D eigenvalue weighted by molar-refractivity contribution is 7.11. The van der Waals surface area contributed by atoms with Crippen LogP contribution in [0.1, 0.15) is 28.4 Å². The van der Waals surface area contributed by atoms with E-state index < -0.39 is 0 Å². The number of aromatic nitrogens is 2. The zero-order valence-electron chi connectivity index (χ0n) is 11.4. The lowest BCUT2D eigenvalue weighted by Gasteiger charge is -2.07. The van der Waals surface area contributed by atoms with E-state index in [-0.39, 0.29) is 11.2 Å². The summed E-state index contributed by atoms with van der Waals surface area (Å²) < 4.78 is 0. The van der Waals surface area contributed by atoms with Crippen molar-refractivity contribution in [1.82, 2.24) is 15.3 Å². The van der Waals surface area contributed by atoms with E-state index in [1.807, 2.05) is 0 Å². The Morgan fingerprint density at radius 3 is 3.05 bits per heavy atom. The van der Waals surface area contributed by atoms with Gasteiger partial charge < -0.3 is 10.6 Å². The van der Waals surface area contributed by atoms with Crippen molar-refractivity contribution in [3.8, 4) is 0 Å². The van der Waals surface area contributed by atoms with Gasteiger partial charge in [-0.1, -0.05) is 11.6 Å². The SMILES string of the molecule is O=C(NCc1nc2c(s1)CCCC2)Nc1cccnc1Cl. The molecule has 5 nitrogen and oxygen atoms in total. The molecule has 0 fully saturated rings. The topological polar surface area (TPSA) is 66.9 Å². The van der Waals surface area contributed by atoms with Crippen LogP contribution in [0.5, 0.6) is 0 Å². The summed E-state index contributed by atoms with van der Waals surface area (Å²) in [5.74, 6) is 0. The van der Waals surface area contributed by atoms with Gasteiger partial charge in [0, 0.05) is 11.1 Å². The Bertz CT molecular complexity index is 635. The van der Waals surface area contributed by atoms with Gasteiger partial charge in [-0.15, -0.1) is 11.3 Å². The summed E-state index contributed by atoms with van der Waals surface area (Å²) in [6.07, 6.45) is 6.20. The highest BCUT2D eigenvalue weighted by Crippen LogP contribution is 2.26. The maximum Gasteiger partial charge on any atom is 0.319 e. The minimum Gasteiger partial charge on any atom is -0.331 e. The predicted octanol–water partition coefficient (Wildman–Crippen LogP) is 3.39. The van der Waals surface area contributed by atoms with Crippen molar-refractivity contribution in [3.05, 3.63) is 39.1 Å². The van der Waals surface area contributed by atoms with Crippen LogP contribution in [0.25, 0.3) is 0 Å². The zero-order chi connectivity index (χ0) is 14.7. The van der Waals surface area contributed by atoms with Crippen LogP contribution in [0.4, 0.5) is 10.5 Å². The third kappa shape index (κ3) is 3.51. The van der Waals surface area contributed by atoms with Gasteiger partial charge in [-0.2, -0.15) is 0 Å². The molecule has 2 N–H and O–H groups in total. The number of hydrogen-bond acceptors (Lipinski definition) is 4. The van der Waals surface area contributed by atoms with Crippen molar-refractivity contribution < 1.29 is 4.79 Å². The fourth-order valence-electron chi connectivity index (χ4n) is 2.28. The lowest BCUT2D eigenvalue weighted by Crippen LogP contribution is -2.28. The molecule has 0 bridgehead atoms. The number of carbonyl (C=O) groups excluding carboxylic acids is 1. The molecule has 0 radical (unpaired) electrons. The Morgan fingerprint density at radius 2 is 2.24 bits per heavy atom. The highest BCUT2D eigenvalue weighted by Gasteiger charge is 2.15. The van der Waals surface area contributed by atoms with E-state index >= 15 is 0 Å². The van der Waals surface area contributed by atoms with E-state index in [9.17, 15) is 4.79 Å². The van der Waals surface area contributed by atoms with Crippen molar-refractivity contribution in [2.24, 2.45) is 0 Å². The number of pyridine rings is 1. The number of amides is 2. The monoisotopic (exact) mass is 322 g/mol. The molecule has 0 spiro atoms. The van der Waals surface area contributed by atoms with Crippen molar-refractivity contribution in [2.75, 3.05) is 5.32 Å². The summed E-state index contributed by atoms with van der Waals surface area (Å²) in [4.78, 5) is 21.7. The third-order valence-electron chi connectivity index (χ3n) is 3.30. The molecule has 2 aromatic rings. The lowest BCUT2D eigenvalue weighted by molar-refractivity contribution is 0.251. The number of carbonyl (C=O) groups is 1. The molecule has 2 heterocycles. The average molecular weight is 323 g/mol. The molecule has 2 aromatic heterocycles. The number of nitrogens with one attached hydrogen (secondary N) is 2. The highest BCUT2D eigenvalue weighted by atomic mass is 35.5. The molecule has 3 rings (SSSR count). The molecule has 110 valence electrons.